The topological polar surface area (TPSA) is 81.8 Å². The van der Waals surface area contributed by atoms with E-state index in [0.29, 0.717) is 17.1 Å². The summed E-state index contributed by atoms with van der Waals surface area (Å²) in [7, 11) is 1.65. The summed E-state index contributed by atoms with van der Waals surface area (Å²) in [6.07, 6.45) is 3.28. The van der Waals surface area contributed by atoms with Crippen LogP contribution in [0.5, 0.6) is 0 Å². The molecule has 0 bridgehead atoms. The maximum atomic E-state index is 12.6. The molecular formula is C21H19N5O2. The molecule has 28 heavy (non-hydrogen) atoms. The number of fused-ring (bicyclic) bond motifs is 1. The molecule has 0 spiro atoms. The highest BCUT2D eigenvalue weighted by Gasteiger charge is 2.16. The van der Waals surface area contributed by atoms with Gasteiger partial charge in [0.1, 0.15) is 17.7 Å². The van der Waals surface area contributed by atoms with Crippen LogP contribution in [0, 0.1) is 13.8 Å². The number of carbonyl (C=O) groups excluding carboxylic acids is 1. The molecule has 0 aliphatic rings. The monoisotopic (exact) mass is 373 g/mol. The van der Waals surface area contributed by atoms with Gasteiger partial charge in [0.2, 0.25) is 0 Å². The minimum atomic E-state index is -0.444. The Labute approximate surface area is 161 Å². The van der Waals surface area contributed by atoms with Crippen molar-refractivity contribution >= 4 is 22.6 Å². The first-order valence-corrected chi connectivity index (χ1v) is 8.83. The molecule has 3 aromatic heterocycles. The van der Waals surface area contributed by atoms with E-state index >= 15 is 0 Å². The number of anilines is 1. The van der Waals surface area contributed by atoms with E-state index in [9.17, 15) is 9.59 Å². The second kappa shape index (κ2) is 6.77. The fourth-order valence-electron chi connectivity index (χ4n) is 3.19. The van der Waals surface area contributed by atoms with E-state index in [-0.39, 0.29) is 11.1 Å². The average molecular weight is 373 g/mol. The van der Waals surface area contributed by atoms with Crippen molar-refractivity contribution in [3.05, 3.63) is 82.2 Å². The first kappa shape index (κ1) is 17.7. The van der Waals surface area contributed by atoms with Crippen LogP contribution in [0.2, 0.25) is 0 Å². The van der Waals surface area contributed by atoms with Crippen LogP contribution in [0.3, 0.4) is 0 Å². The van der Waals surface area contributed by atoms with Gasteiger partial charge in [0, 0.05) is 12.7 Å². The number of para-hydroxylation sites is 2. The fourth-order valence-corrected chi connectivity index (χ4v) is 3.19. The van der Waals surface area contributed by atoms with E-state index in [0.717, 1.165) is 16.7 Å². The molecular weight excluding hydrogens is 354 g/mol. The van der Waals surface area contributed by atoms with E-state index in [1.807, 2.05) is 41.8 Å². The number of benzene rings is 1. The first-order chi connectivity index (χ1) is 13.5. The maximum Gasteiger partial charge on any atom is 0.263 e. The van der Waals surface area contributed by atoms with E-state index in [2.05, 4.69) is 15.3 Å². The van der Waals surface area contributed by atoms with Gasteiger partial charge in [0.15, 0.2) is 0 Å². The maximum absolute atomic E-state index is 12.6. The Morgan fingerprint density at radius 2 is 1.86 bits per heavy atom. The zero-order chi connectivity index (χ0) is 19.8. The molecule has 4 rings (SSSR count). The molecule has 0 radical (unpaired) electrons. The molecule has 0 saturated heterocycles. The normalized spacial score (nSPS) is 11.0. The molecule has 7 nitrogen and oxygen atoms in total. The number of nitrogens with zero attached hydrogens (tertiary/aromatic N) is 4. The minimum absolute atomic E-state index is 0.137. The molecule has 0 unspecified atom stereocenters. The molecule has 1 N–H and O–H groups in total. The number of nitrogens with one attached hydrogen (secondary N) is 1. The van der Waals surface area contributed by atoms with Crippen molar-refractivity contribution in [2.24, 2.45) is 7.05 Å². The van der Waals surface area contributed by atoms with Crippen molar-refractivity contribution in [3.8, 4) is 5.82 Å². The molecule has 0 fully saturated rings. The minimum Gasteiger partial charge on any atom is -0.320 e. The molecule has 0 aliphatic heterocycles. The summed E-state index contributed by atoms with van der Waals surface area (Å²) in [5, 5.41) is 2.76. The van der Waals surface area contributed by atoms with Crippen LogP contribution in [0.15, 0.2) is 59.8 Å². The Morgan fingerprint density at radius 1 is 1.07 bits per heavy atom. The molecule has 7 heteroatoms. The smallest absolute Gasteiger partial charge is 0.263 e. The standard InChI is InChI=1S/C21H19N5O2/c1-13-10-14(2)25(3)21(28)19(13)20(27)24-15-8-9-18(22-11-15)26-12-23-16-6-4-5-7-17(16)26/h4-12H,1-3H3,(H,24,27). The fraction of sp³-hybridized carbons (Fsp3) is 0.143. The van der Waals surface area contributed by atoms with Crippen LogP contribution >= 0.6 is 0 Å². The summed E-state index contributed by atoms with van der Waals surface area (Å²) in [5.41, 5.74) is 3.62. The second-order valence-corrected chi connectivity index (χ2v) is 6.67. The summed E-state index contributed by atoms with van der Waals surface area (Å²) >= 11 is 0. The number of imidazole rings is 1. The Balaban J connectivity index is 1.61. The average Bonchev–Trinajstić information content (AvgIpc) is 3.11. The Hall–Kier alpha value is -3.74. The van der Waals surface area contributed by atoms with Gasteiger partial charge in [0.05, 0.1) is 22.9 Å². The van der Waals surface area contributed by atoms with Gasteiger partial charge in [-0.05, 0) is 49.7 Å². The summed E-state index contributed by atoms with van der Waals surface area (Å²) in [4.78, 5) is 33.9. The van der Waals surface area contributed by atoms with E-state index < -0.39 is 5.91 Å². The molecule has 3 heterocycles. The van der Waals surface area contributed by atoms with Crippen LogP contribution in [0.25, 0.3) is 16.9 Å². The van der Waals surface area contributed by atoms with Crippen molar-refractivity contribution in [2.75, 3.05) is 5.32 Å². The Morgan fingerprint density at radius 3 is 2.61 bits per heavy atom. The summed E-state index contributed by atoms with van der Waals surface area (Å²) < 4.78 is 3.34. The molecule has 0 saturated carbocycles. The number of amides is 1. The predicted molar refractivity (Wildman–Crippen MR) is 108 cm³/mol. The SMILES string of the molecule is Cc1cc(C)n(C)c(=O)c1C(=O)Nc1ccc(-n2cnc3ccccc32)nc1. The lowest BCUT2D eigenvalue weighted by atomic mass is 10.1. The summed E-state index contributed by atoms with van der Waals surface area (Å²) in [6.45, 7) is 3.59. The molecule has 1 aromatic carbocycles. The van der Waals surface area contributed by atoms with Crippen molar-refractivity contribution in [3.63, 3.8) is 0 Å². The van der Waals surface area contributed by atoms with Gasteiger partial charge in [-0.25, -0.2) is 9.97 Å². The van der Waals surface area contributed by atoms with E-state index in [4.69, 9.17) is 0 Å². The molecule has 0 atom stereocenters. The number of hydrogen-bond acceptors (Lipinski definition) is 4. The Kier molecular flexibility index (Phi) is 4.27. The van der Waals surface area contributed by atoms with Crippen molar-refractivity contribution in [1.29, 1.82) is 0 Å². The van der Waals surface area contributed by atoms with Gasteiger partial charge in [-0.15, -0.1) is 0 Å². The van der Waals surface area contributed by atoms with Gasteiger partial charge >= 0.3 is 0 Å². The van der Waals surface area contributed by atoms with Crippen LogP contribution in [0.4, 0.5) is 5.69 Å². The van der Waals surface area contributed by atoms with Crippen LogP contribution in [0.1, 0.15) is 21.6 Å². The van der Waals surface area contributed by atoms with E-state index in [1.54, 1.807) is 38.6 Å². The molecule has 1 amide bonds. The number of pyridine rings is 2. The highest BCUT2D eigenvalue weighted by molar-refractivity contribution is 6.05. The number of rotatable bonds is 3. The third kappa shape index (κ3) is 2.96. The number of aromatic nitrogens is 4. The summed E-state index contributed by atoms with van der Waals surface area (Å²) in [6, 6.07) is 13.2. The third-order valence-corrected chi connectivity index (χ3v) is 4.80. The van der Waals surface area contributed by atoms with Gasteiger partial charge in [0.25, 0.3) is 11.5 Å². The highest BCUT2D eigenvalue weighted by atomic mass is 16.2. The molecule has 140 valence electrons. The van der Waals surface area contributed by atoms with Crippen LogP contribution in [-0.2, 0) is 7.05 Å². The third-order valence-electron chi connectivity index (χ3n) is 4.80. The first-order valence-electron chi connectivity index (χ1n) is 8.83. The Bertz CT molecular complexity index is 1250. The second-order valence-electron chi connectivity index (χ2n) is 6.67. The zero-order valence-electron chi connectivity index (χ0n) is 15.8. The van der Waals surface area contributed by atoms with Gasteiger partial charge in [-0.1, -0.05) is 12.1 Å². The van der Waals surface area contributed by atoms with E-state index in [1.165, 1.54) is 4.57 Å². The highest BCUT2D eigenvalue weighted by Crippen LogP contribution is 2.18. The number of hydrogen-bond donors (Lipinski definition) is 1. The lowest BCUT2D eigenvalue weighted by molar-refractivity contribution is 0.102. The zero-order valence-corrected chi connectivity index (χ0v) is 15.8. The predicted octanol–water partition coefficient (Wildman–Crippen LogP) is 2.99. The number of aryl methyl sites for hydroxylation is 2. The van der Waals surface area contributed by atoms with Crippen molar-refractivity contribution < 1.29 is 4.79 Å². The van der Waals surface area contributed by atoms with Crippen LogP contribution in [-0.4, -0.2) is 25.0 Å². The quantitative estimate of drug-likeness (QED) is 0.599. The van der Waals surface area contributed by atoms with Crippen molar-refractivity contribution in [1.82, 2.24) is 19.1 Å². The lowest BCUT2D eigenvalue weighted by Crippen LogP contribution is -2.30. The van der Waals surface area contributed by atoms with Gasteiger partial charge in [-0.3, -0.25) is 14.2 Å². The van der Waals surface area contributed by atoms with Gasteiger partial charge < -0.3 is 9.88 Å². The largest absolute Gasteiger partial charge is 0.320 e. The van der Waals surface area contributed by atoms with Crippen molar-refractivity contribution in [2.45, 2.75) is 13.8 Å². The summed E-state index contributed by atoms with van der Waals surface area (Å²) in [5.74, 6) is 0.245. The number of carbonyl (C=O) groups is 1. The molecule has 0 aliphatic carbocycles. The van der Waals surface area contributed by atoms with Gasteiger partial charge in [-0.2, -0.15) is 0 Å². The van der Waals surface area contributed by atoms with Crippen LogP contribution < -0.4 is 10.9 Å². The molecule has 4 aromatic rings. The lowest BCUT2D eigenvalue weighted by Gasteiger charge is -2.11.